The molecule has 6 heteroatoms. The summed E-state index contributed by atoms with van der Waals surface area (Å²) in [6, 6.07) is 23.2. The number of carbonyl (C=O) groups is 2. The van der Waals surface area contributed by atoms with Crippen molar-refractivity contribution in [1.29, 1.82) is 0 Å². The van der Waals surface area contributed by atoms with Gasteiger partial charge in [-0.25, -0.2) is 4.98 Å². The van der Waals surface area contributed by atoms with Crippen LogP contribution in [0.25, 0.3) is 20.8 Å². The zero-order valence-electron chi connectivity index (χ0n) is 18.0. The fraction of sp³-hybridized carbons (Fsp3) is 0.192. The molecule has 0 saturated carbocycles. The van der Waals surface area contributed by atoms with Crippen molar-refractivity contribution < 1.29 is 14.3 Å². The number of ether oxygens (including phenoxy) is 1. The van der Waals surface area contributed by atoms with Crippen molar-refractivity contribution in [2.24, 2.45) is 0 Å². The molecule has 32 heavy (non-hydrogen) atoms. The Kier molecular flexibility index (Phi) is 6.61. The van der Waals surface area contributed by atoms with Crippen molar-refractivity contribution in [3.63, 3.8) is 0 Å². The number of benzene rings is 3. The molecule has 1 unspecified atom stereocenters. The van der Waals surface area contributed by atoms with Gasteiger partial charge in [0.25, 0.3) is 5.91 Å². The molecule has 0 aliphatic carbocycles. The van der Waals surface area contributed by atoms with E-state index in [1.54, 1.807) is 11.3 Å². The lowest BCUT2D eigenvalue weighted by molar-refractivity contribution is -0.149. The smallest absolute Gasteiger partial charge is 0.313 e. The van der Waals surface area contributed by atoms with Gasteiger partial charge in [-0.2, -0.15) is 0 Å². The third-order valence-corrected chi connectivity index (χ3v) is 6.27. The summed E-state index contributed by atoms with van der Waals surface area (Å²) in [7, 11) is 0. The average Bonchev–Trinajstić information content (AvgIpc) is 3.22. The molecule has 5 nitrogen and oxygen atoms in total. The van der Waals surface area contributed by atoms with Crippen LogP contribution in [0.3, 0.4) is 0 Å². The number of rotatable bonds is 7. The fourth-order valence-corrected chi connectivity index (χ4v) is 4.58. The standard InChI is InChI=1S/C26H24N2O3S/c1-3-21(18-7-5-4-6-8-18)26(30)31-16-24(29)27-20-12-10-19(11-13-20)25-28-22-14-9-17(2)15-23(22)32-25/h4-15,21H,3,16H2,1-2H3,(H,27,29). The molecule has 1 aromatic heterocycles. The summed E-state index contributed by atoms with van der Waals surface area (Å²) in [6.07, 6.45) is 0.608. The van der Waals surface area contributed by atoms with E-state index in [-0.39, 0.29) is 18.4 Å². The van der Waals surface area contributed by atoms with Crippen LogP contribution in [0.4, 0.5) is 5.69 Å². The number of thiazole rings is 1. The first-order chi connectivity index (χ1) is 15.5. The van der Waals surface area contributed by atoms with E-state index in [0.29, 0.717) is 12.1 Å². The van der Waals surface area contributed by atoms with Gasteiger partial charge in [-0.05, 0) is 60.9 Å². The summed E-state index contributed by atoms with van der Waals surface area (Å²) >= 11 is 1.64. The summed E-state index contributed by atoms with van der Waals surface area (Å²) in [6.45, 7) is 3.67. The van der Waals surface area contributed by atoms with E-state index in [1.165, 1.54) is 5.56 Å². The van der Waals surface area contributed by atoms with Crippen molar-refractivity contribution in [1.82, 2.24) is 4.98 Å². The van der Waals surface area contributed by atoms with Gasteiger partial charge in [0.1, 0.15) is 5.01 Å². The van der Waals surface area contributed by atoms with Crippen LogP contribution >= 0.6 is 11.3 Å². The maximum Gasteiger partial charge on any atom is 0.313 e. The summed E-state index contributed by atoms with van der Waals surface area (Å²) < 4.78 is 6.41. The molecule has 1 N–H and O–H groups in total. The highest BCUT2D eigenvalue weighted by Crippen LogP contribution is 2.31. The molecule has 1 heterocycles. The molecule has 0 fully saturated rings. The van der Waals surface area contributed by atoms with E-state index in [0.717, 1.165) is 26.4 Å². The van der Waals surface area contributed by atoms with Crippen LogP contribution in [0.1, 0.15) is 30.4 Å². The minimum Gasteiger partial charge on any atom is -0.455 e. The van der Waals surface area contributed by atoms with Crippen LogP contribution in [-0.2, 0) is 14.3 Å². The quantitative estimate of drug-likeness (QED) is 0.358. The number of nitrogens with zero attached hydrogens (tertiary/aromatic N) is 1. The minimum absolute atomic E-state index is 0.318. The summed E-state index contributed by atoms with van der Waals surface area (Å²) in [4.78, 5) is 29.4. The second-order valence-corrected chi connectivity index (χ2v) is 8.63. The highest BCUT2D eigenvalue weighted by molar-refractivity contribution is 7.21. The van der Waals surface area contributed by atoms with Gasteiger partial charge in [0.05, 0.1) is 16.1 Å². The normalized spacial score (nSPS) is 11.8. The van der Waals surface area contributed by atoms with E-state index < -0.39 is 5.97 Å². The molecule has 0 saturated heterocycles. The predicted octanol–water partition coefficient (Wildman–Crippen LogP) is 5.95. The summed E-state index contributed by atoms with van der Waals surface area (Å²) in [5, 5.41) is 3.71. The van der Waals surface area contributed by atoms with Crippen molar-refractivity contribution in [2.75, 3.05) is 11.9 Å². The molecule has 4 rings (SSSR count). The first-order valence-corrected chi connectivity index (χ1v) is 11.3. The van der Waals surface area contributed by atoms with Gasteiger partial charge in [-0.3, -0.25) is 9.59 Å². The molecule has 0 radical (unpaired) electrons. The number of aromatic nitrogens is 1. The molecule has 1 atom stereocenters. The van der Waals surface area contributed by atoms with Crippen molar-refractivity contribution in [2.45, 2.75) is 26.2 Å². The number of anilines is 1. The Labute approximate surface area is 191 Å². The zero-order chi connectivity index (χ0) is 22.5. The van der Waals surface area contributed by atoms with Gasteiger partial charge < -0.3 is 10.1 Å². The van der Waals surface area contributed by atoms with E-state index in [4.69, 9.17) is 4.74 Å². The number of aryl methyl sites for hydroxylation is 1. The number of nitrogens with one attached hydrogen (secondary N) is 1. The largest absolute Gasteiger partial charge is 0.455 e. The van der Waals surface area contributed by atoms with Gasteiger partial charge >= 0.3 is 5.97 Å². The van der Waals surface area contributed by atoms with Gasteiger partial charge in [-0.15, -0.1) is 11.3 Å². The number of hydrogen-bond donors (Lipinski definition) is 1. The second kappa shape index (κ2) is 9.75. The Hall–Kier alpha value is -3.51. The number of amides is 1. The fourth-order valence-electron chi connectivity index (χ4n) is 3.51. The number of esters is 1. The molecule has 0 spiro atoms. The maximum absolute atomic E-state index is 12.4. The lowest BCUT2D eigenvalue weighted by atomic mass is 9.97. The van der Waals surface area contributed by atoms with E-state index >= 15 is 0 Å². The Balaban J connectivity index is 1.34. The summed E-state index contributed by atoms with van der Waals surface area (Å²) in [5.74, 6) is -1.14. The van der Waals surface area contributed by atoms with E-state index in [1.807, 2.05) is 67.6 Å². The van der Waals surface area contributed by atoms with Crippen LogP contribution < -0.4 is 5.32 Å². The third-order valence-electron chi connectivity index (χ3n) is 5.20. The zero-order valence-corrected chi connectivity index (χ0v) is 18.8. The van der Waals surface area contributed by atoms with E-state index in [2.05, 4.69) is 29.4 Å². The second-order valence-electron chi connectivity index (χ2n) is 7.59. The number of carbonyl (C=O) groups excluding carboxylic acids is 2. The van der Waals surface area contributed by atoms with Crippen LogP contribution in [0.5, 0.6) is 0 Å². The van der Waals surface area contributed by atoms with E-state index in [9.17, 15) is 9.59 Å². The molecular formula is C26H24N2O3S. The first-order valence-electron chi connectivity index (χ1n) is 10.5. The molecule has 0 aliphatic heterocycles. The average molecular weight is 445 g/mol. The summed E-state index contributed by atoms with van der Waals surface area (Å²) in [5.41, 5.74) is 4.71. The van der Waals surface area contributed by atoms with Gasteiger partial charge in [-0.1, -0.05) is 43.3 Å². The maximum atomic E-state index is 12.4. The lowest BCUT2D eigenvalue weighted by Crippen LogP contribution is -2.23. The monoisotopic (exact) mass is 444 g/mol. The number of fused-ring (bicyclic) bond motifs is 1. The van der Waals surface area contributed by atoms with Crippen LogP contribution in [0, 0.1) is 6.92 Å². The molecular weight excluding hydrogens is 420 g/mol. The molecule has 1 amide bonds. The highest BCUT2D eigenvalue weighted by atomic mass is 32.1. The van der Waals surface area contributed by atoms with Crippen LogP contribution in [-0.4, -0.2) is 23.5 Å². The topological polar surface area (TPSA) is 68.3 Å². The van der Waals surface area contributed by atoms with Crippen molar-refractivity contribution in [3.05, 3.63) is 83.9 Å². The van der Waals surface area contributed by atoms with Crippen LogP contribution in [0.2, 0.25) is 0 Å². The van der Waals surface area contributed by atoms with Gasteiger partial charge in [0, 0.05) is 11.3 Å². The van der Waals surface area contributed by atoms with Gasteiger partial charge in [0.2, 0.25) is 0 Å². The third kappa shape index (κ3) is 5.03. The molecule has 0 bridgehead atoms. The Morgan fingerprint density at radius 1 is 1.03 bits per heavy atom. The van der Waals surface area contributed by atoms with Crippen LogP contribution in [0.15, 0.2) is 72.8 Å². The SMILES string of the molecule is CCC(C(=O)OCC(=O)Nc1ccc(-c2nc3ccc(C)cc3s2)cc1)c1ccccc1. The lowest BCUT2D eigenvalue weighted by Gasteiger charge is -2.14. The molecule has 162 valence electrons. The number of hydrogen-bond acceptors (Lipinski definition) is 5. The highest BCUT2D eigenvalue weighted by Gasteiger charge is 2.21. The first kappa shape index (κ1) is 21.7. The minimum atomic E-state index is -0.393. The molecule has 3 aromatic carbocycles. The van der Waals surface area contributed by atoms with Crippen molar-refractivity contribution >= 4 is 39.1 Å². The van der Waals surface area contributed by atoms with Crippen molar-refractivity contribution in [3.8, 4) is 10.6 Å². The Morgan fingerprint density at radius 3 is 2.50 bits per heavy atom. The van der Waals surface area contributed by atoms with Gasteiger partial charge in [0.15, 0.2) is 6.61 Å². The predicted molar refractivity (Wildman–Crippen MR) is 129 cm³/mol. The molecule has 4 aromatic rings. The Bertz CT molecular complexity index is 1230. The Morgan fingerprint density at radius 2 is 1.78 bits per heavy atom. The molecule has 0 aliphatic rings.